The number of thiazole rings is 1. The average Bonchev–Trinajstić information content (AvgIpc) is 2.76. The number of aliphatic hydroxyl groups is 1. The lowest BCUT2D eigenvalue weighted by Gasteiger charge is -2.10. The molecular formula is C11H6F4INOS. The number of aliphatic hydroxyl groups excluding tert-OH is 1. The fourth-order valence-corrected chi connectivity index (χ4v) is 2.98. The zero-order chi connectivity index (χ0) is 14.2. The summed E-state index contributed by atoms with van der Waals surface area (Å²) in [7, 11) is 0. The van der Waals surface area contributed by atoms with Gasteiger partial charge in [-0.05, 0) is 40.3 Å². The van der Waals surface area contributed by atoms with Crippen molar-refractivity contribution in [3.8, 4) is 0 Å². The summed E-state index contributed by atoms with van der Waals surface area (Å²) in [5.41, 5.74) is 0.347. The van der Waals surface area contributed by atoms with Gasteiger partial charge in [-0.25, -0.2) is 9.37 Å². The van der Waals surface area contributed by atoms with Crippen LogP contribution in [0.3, 0.4) is 0 Å². The molecule has 1 heterocycles. The summed E-state index contributed by atoms with van der Waals surface area (Å²) in [5.74, 6) is -0.472. The van der Waals surface area contributed by atoms with E-state index in [2.05, 4.69) is 4.98 Å². The van der Waals surface area contributed by atoms with Gasteiger partial charge in [-0.15, -0.1) is 11.3 Å². The molecule has 0 aliphatic carbocycles. The number of rotatable bonds is 2. The summed E-state index contributed by atoms with van der Waals surface area (Å²) in [4.78, 5) is 3.30. The third kappa shape index (κ3) is 3.23. The van der Waals surface area contributed by atoms with E-state index in [1.54, 1.807) is 0 Å². The van der Waals surface area contributed by atoms with Crippen LogP contribution < -0.4 is 0 Å². The van der Waals surface area contributed by atoms with Crippen molar-refractivity contribution in [1.82, 2.24) is 4.98 Å². The Labute approximate surface area is 123 Å². The molecule has 0 radical (unpaired) electrons. The zero-order valence-electron chi connectivity index (χ0n) is 9.08. The van der Waals surface area contributed by atoms with E-state index in [1.807, 2.05) is 22.6 Å². The molecule has 0 bridgehead atoms. The van der Waals surface area contributed by atoms with E-state index in [-0.39, 0.29) is 4.88 Å². The van der Waals surface area contributed by atoms with Crippen LogP contribution in [-0.2, 0) is 6.18 Å². The van der Waals surface area contributed by atoms with Gasteiger partial charge in [-0.3, -0.25) is 0 Å². The van der Waals surface area contributed by atoms with Crippen LogP contribution in [0, 0.1) is 9.39 Å². The number of benzene rings is 1. The van der Waals surface area contributed by atoms with Crippen LogP contribution in [0.4, 0.5) is 17.6 Å². The molecule has 1 aromatic carbocycles. The van der Waals surface area contributed by atoms with Gasteiger partial charge in [0.15, 0.2) is 5.01 Å². The molecule has 0 aliphatic heterocycles. The molecule has 102 valence electrons. The van der Waals surface area contributed by atoms with Crippen molar-refractivity contribution in [2.75, 3.05) is 0 Å². The molecule has 0 saturated carbocycles. The maximum absolute atomic E-state index is 12.9. The molecule has 1 unspecified atom stereocenters. The molecule has 1 atom stereocenters. The molecule has 0 aliphatic rings. The molecule has 0 amide bonds. The topological polar surface area (TPSA) is 33.1 Å². The Morgan fingerprint density at radius 3 is 2.53 bits per heavy atom. The van der Waals surface area contributed by atoms with Crippen LogP contribution in [0.2, 0.25) is 0 Å². The van der Waals surface area contributed by atoms with E-state index < -0.39 is 23.1 Å². The summed E-state index contributed by atoms with van der Waals surface area (Å²) < 4.78 is 50.6. The first kappa shape index (κ1) is 14.7. The first-order valence-corrected chi connectivity index (χ1v) is 6.84. The summed E-state index contributed by atoms with van der Waals surface area (Å²) in [6, 6.07) is 3.69. The molecule has 0 spiro atoms. The van der Waals surface area contributed by atoms with Crippen molar-refractivity contribution in [3.05, 3.63) is 49.2 Å². The second-order valence-corrected chi connectivity index (χ2v) is 5.86. The lowest BCUT2D eigenvalue weighted by Crippen LogP contribution is -2.03. The fraction of sp³-hybridized carbons (Fsp3) is 0.182. The van der Waals surface area contributed by atoms with Crippen LogP contribution in [0.25, 0.3) is 0 Å². The van der Waals surface area contributed by atoms with Gasteiger partial charge >= 0.3 is 6.18 Å². The SMILES string of the molecule is OC(c1cnc(C(F)(F)F)s1)c1ccc(F)cc1I. The van der Waals surface area contributed by atoms with Crippen molar-refractivity contribution in [1.29, 1.82) is 0 Å². The van der Waals surface area contributed by atoms with E-state index in [0.29, 0.717) is 20.5 Å². The van der Waals surface area contributed by atoms with E-state index in [4.69, 9.17) is 0 Å². The van der Waals surface area contributed by atoms with Crippen molar-refractivity contribution in [3.63, 3.8) is 0 Å². The molecule has 8 heteroatoms. The molecule has 1 N–H and O–H groups in total. The highest BCUT2D eigenvalue weighted by atomic mass is 127. The maximum Gasteiger partial charge on any atom is 0.443 e. The van der Waals surface area contributed by atoms with Gasteiger partial charge in [0.2, 0.25) is 0 Å². The lowest BCUT2D eigenvalue weighted by molar-refractivity contribution is -0.137. The third-order valence-electron chi connectivity index (χ3n) is 2.29. The predicted octanol–water partition coefficient (Wildman–Crippen LogP) is 3.99. The van der Waals surface area contributed by atoms with Gasteiger partial charge in [-0.2, -0.15) is 13.2 Å². The average molecular weight is 403 g/mol. The number of hydrogen-bond donors (Lipinski definition) is 1. The number of hydrogen-bond acceptors (Lipinski definition) is 3. The van der Waals surface area contributed by atoms with E-state index in [0.717, 1.165) is 12.3 Å². The number of nitrogens with zero attached hydrogens (tertiary/aromatic N) is 1. The highest BCUT2D eigenvalue weighted by Gasteiger charge is 2.35. The van der Waals surface area contributed by atoms with Crippen molar-refractivity contribution < 1.29 is 22.7 Å². The number of aromatic nitrogens is 1. The Morgan fingerprint density at radius 1 is 1.32 bits per heavy atom. The van der Waals surface area contributed by atoms with Gasteiger partial charge in [-0.1, -0.05) is 6.07 Å². The zero-order valence-corrected chi connectivity index (χ0v) is 12.1. The van der Waals surface area contributed by atoms with Gasteiger partial charge in [0.05, 0.1) is 4.88 Å². The van der Waals surface area contributed by atoms with Gasteiger partial charge in [0.25, 0.3) is 0 Å². The predicted molar refractivity (Wildman–Crippen MR) is 70.3 cm³/mol. The quantitative estimate of drug-likeness (QED) is 0.608. The van der Waals surface area contributed by atoms with Crippen molar-refractivity contribution in [2.24, 2.45) is 0 Å². The maximum atomic E-state index is 12.9. The standard InChI is InChI=1S/C11H6F4INOS/c12-5-1-2-6(7(16)3-5)9(18)8-4-17-10(19-8)11(13,14)15/h1-4,9,18H. The minimum Gasteiger partial charge on any atom is -0.383 e. The second kappa shape index (κ2) is 5.33. The van der Waals surface area contributed by atoms with Crippen molar-refractivity contribution >= 4 is 33.9 Å². The van der Waals surface area contributed by atoms with Crippen LogP contribution in [0.15, 0.2) is 24.4 Å². The minimum atomic E-state index is -4.53. The number of halogens is 5. The molecular weight excluding hydrogens is 397 g/mol. The summed E-state index contributed by atoms with van der Waals surface area (Å²) in [6.07, 6.45) is -4.79. The van der Waals surface area contributed by atoms with E-state index in [1.165, 1.54) is 12.1 Å². The Kier molecular flexibility index (Phi) is 4.11. The Balaban J connectivity index is 2.34. The molecule has 2 nitrogen and oxygen atoms in total. The number of alkyl halides is 3. The van der Waals surface area contributed by atoms with Crippen molar-refractivity contribution in [2.45, 2.75) is 12.3 Å². The van der Waals surface area contributed by atoms with E-state index in [9.17, 15) is 22.7 Å². The van der Waals surface area contributed by atoms with Crippen LogP contribution in [-0.4, -0.2) is 10.1 Å². The van der Waals surface area contributed by atoms with Crippen LogP contribution >= 0.6 is 33.9 Å². The highest BCUT2D eigenvalue weighted by Crippen LogP contribution is 2.36. The van der Waals surface area contributed by atoms with Gasteiger partial charge < -0.3 is 5.11 Å². The Hall–Kier alpha value is -0.740. The third-order valence-corrected chi connectivity index (χ3v) is 4.32. The van der Waals surface area contributed by atoms with E-state index >= 15 is 0 Å². The Morgan fingerprint density at radius 2 is 2.00 bits per heavy atom. The second-order valence-electron chi connectivity index (χ2n) is 3.63. The van der Waals surface area contributed by atoms with Crippen LogP contribution in [0.1, 0.15) is 21.6 Å². The fourth-order valence-electron chi connectivity index (χ4n) is 1.42. The molecule has 0 fully saturated rings. The first-order valence-electron chi connectivity index (χ1n) is 4.95. The van der Waals surface area contributed by atoms with Gasteiger partial charge in [0.1, 0.15) is 11.9 Å². The Bertz CT molecular complexity index is 599. The summed E-state index contributed by atoms with van der Waals surface area (Å²) in [6.45, 7) is 0. The molecule has 19 heavy (non-hydrogen) atoms. The van der Waals surface area contributed by atoms with Crippen LogP contribution in [0.5, 0.6) is 0 Å². The summed E-state index contributed by atoms with van der Waals surface area (Å²) >= 11 is 2.19. The molecule has 2 aromatic rings. The highest BCUT2D eigenvalue weighted by molar-refractivity contribution is 14.1. The lowest BCUT2D eigenvalue weighted by atomic mass is 10.1. The minimum absolute atomic E-state index is 0.0665. The normalized spacial score (nSPS) is 13.6. The monoisotopic (exact) mass is 403 g/mol. The molecule has 2 rings (SSSR count). The molecule has 1 aromatic heterocycles. The van der Waals surface area contributed by atoms with Gasteiger partial charge in [0, 0.05) is 9.77 Å². The summed E-state index contributed by atoms with van der Waals surface area (Å²) in [5, 5.41) is 9.00. The largest absolute Gasteiger partial charge is 0.443 e. The molecule has 0 saturated heterocycles. The first-order chi connectivity index (χ1) is 8.79. The smallest absolute Gasteiger partial charge is 0.383 e.